The lowest BCUT2D eigenvalue weighted by Crippen LogP contribution is -2.31. The van der Waals surface area contributed by atoms with Gasteiger partial charge in [-0.2, -0.15) is 5.10 Å². The molecule has 0 aliphatic heterocycles. The van der Waals surface area contributed by atoms with Crippen LogP contribution in [0.25, 0.3) is 5.65 Å². The first-order valence-electron chi connectivity index (χ1n) is 8.74. The van der Waals surface area contributed by atoms with E-state index in [9.17, 15) is 9.59 Å². The highest BCUT2D eigenvalue weighted by molar-refractivity contribution is 6.13. The summed E-state index contributed by atoms with van der Waals surface area (Å²) < 4.78 is 2.50. The van der Waals surface area contributed by atoms with Gasteiger partial charge in [-0.05, 0) is 12.1 Å². The maximum absolute atomic E-state index is 12.4. The number of carbonyl (C=O) groups excluding carboxylic acids is 1. The number of benzene rings is 2. The smallest absolute Gasteiger partial charge is 0.271 e. The highest BCUT2D eigenvalue weighted by atomic mass is 16.2. The van der Waals surface area contributed by atoms with E-state index in [0.717, 1.165) is 15.8 Å². The fourth-order valence-corrected chi connectivity index (χ4v) is 2.85. The lowest BCUT2D eigenvalue weighted by atomic mass is 10.0. The van der Waals surface area contributed by atoms with Crippen LogP contribution < -0.4 is 11.1 Å². The summed E-state index contributed by atoms with van der Waals surface area (Å²) in [7, 11) is 0. The van der Waals surface area contributed by atoms with Gasteiger partial charge in [-0.25, -0.2) is 14.9 Å². The molecule has 2 aromatic carbocycles. The maximum Gasteiger partial charge on any atom is 0.350 e. The molecule has 1 amide bonds. The quantitative estimate of drug-likeness (QED) is 0.431. The lowest BCUT2D eigenvalue weighted by molar-refractivity contribution is -0.121. The van der Waals surface area contributed by atoms with Crippen molar-refractivity contribution in [2.24, 2.45) is 5.10 Å². The second-order valence-corrected chi connectivity index (χ2v) is 6.10. The summed E-state index contributed by atoms with van der Waals surface area (Å²) in [6.45, 7) is -0.221. The summed E-state index contributed by atoms with van der Waals surface area (Å²) in [6, 6.07) is 24.4. The number of rotatable bonds is 5. The molecule has 0 bridgehead atoms. The van der Waals surface area contributed by atoms with E-state index in [1.807, 2.05) is 60.7 Å². The molecule has 0 radical (unpaired) electrons. The third kappa shape index (κ3) is 3.59. The second kappa shape index (κ2) is 7.71. The van der Waals surface area contributed by atoms with Crippen LogP contribution in [0, 0.1) is 0 Å². The van der Waals surface area contributed by atoms with Gasteiger partial charge in [0.25, 0.3) is 5.91 Å². The minimum Gasteiger partial charge on any atom is -0.271 e. The summed E-state index contributed by atoms with van der Waals surface area (Å²) in [4.78, 5) is 24.7. The van der Waals surface area contributed by atoms with Crippen LogP contribution in [-0.4, -0.2) is 25.8 Å². The molecule has 0 aliphatic carbocycles. The van der Waals surface area contributed by atoms with Crippen LogP contribution in [0.15, 0.2) is 95.0 Å². The van der Waals surface area contributed by atoms with E-state index < -0.39 is 5.91 Å². The molecule has 4 rings (SSSR count). The molecule has 0 atom stereocenters. The normalized spacial score (nSPS) is 10.6. The molecule has 0 saturated heterocycles. The monoisotopic (exact) mass is 371 g/mol. The second-order valence-electron chi connectivity index (χ2n) is 6.10. The fraction of sp³-hybridized carbons (Fsp3) is 0.0476. The largest absolute Gasteiger partial charge is 0.350 e. The average molecular weight is 371 g/mol. The van der Waals surface area contributed by atoms with Crippen LogP contribution in [0.2, 0.25) is 0 Å². The molecule has 0 aliphatic rings. The number of nitrogens with one attached hydrogen (secondary N) is 1. The number of amides is 1. The topological polar surface area (TPSA) is 80.8 Å². The molecule has 2 aromatic heterocycles. The van der Waals surface area contributed by atoms with Gasteiger partial charge in [0.1, 0.15) is 6.54 Å². The van der Waals surface area contributed by atoms with Crippen molar-refractivity contribution >= 4 is 17.3 Å². The van der Waals surface area contributed by atoms with Crippen molar-refractivity contribution in [2.45, 2.75) is 6.54 Å². The van der Waals surface area contributed by atoms with Crippen molar-refractivity contribution in [2.75, 3.05) is 0 Å². The Morgan fingerprint density at radius 1 is 0.893 bits per heavy atom. The van der Waals surface area contributed by atoms with Gasteiger partial charge >= 0.3 is 5.69 Å². The van der Waals surface area contributed by atoms with E-state index in [-0.39, 0.29) is 12.2 Å². The van der Waals surface area contributed by atoms with Gasteiger partial charge in [-0.3, -0.25) is 9.20 Å². The molecule has 0 saturated carbocycles. The Morgan fingerprint density at radius 3 is 2.11 bits per heavy atom. The van der Waals surface area contributed by atoms with Crippen LogP contribution >= 0.6 is 0 Å². The van der Waals surface area contributed by atoms with Gasteiger partial charge in [-0.1, -0.05) is 66.7 Å². The van der Waals surface area contributed by atoms with Crippen molar-refractivity contribution in [3.05, 3.63) is 107 Å². The Balaban J connectivity index is 1.58. The minimum atomic E-state index is -0.435. The number of carbonyl (C=O) groups is 1. The summed E-state index contributed by atoms with van der Waals surface area (Å²) in [5, 5.41) is 8.46. The Labute approximate surface area is 160 Å². The predicted octanol–water partition coefficient (Wildman–Crippen LogP) is 2.06. The molecule has 28 heavy (non-hydrogen) atoms. The maximum atomic E-state index is 12.4. The summed E-state index contributed by atoms with van der Waals surface area (Å²) >= 11 is 0. The van der Waals surface area contributed by atoms with E-state index in [0.29, 0.717) is 11.4 Å². The zero-order valence-corrected chi connectivity index (χ0v) is 14.9. The van der Waals surface area contributed by atoms with Crippen molar-refractivity contribution in [3.63, 3.8) is 0 Å². The van der Waals surface area contributed by atoms with Crippen LogP contribution in [0.5, 0.6) is 0 Å². The molecule has 138 valence electrons. The molecule has 4 aromatic rings. The molecular formula is C21H17N5O2. The standard InChI is InChI=1S/C21H17N5O2/c27-19(15-26-21(28)25-14-8-7-13-18(25)24-26)22-23-20(16-9-3-1-4-10-16)17-11-5-2-6-12-17/h1-14H,15H2,(H,22,27). The van der Waals surface area contributed by atoms with Crippen molar-refractivity contribution in [3.8, 4) is 0 Å². The van der Waals surface area contributed by atoms with E-state index in [1.165, 1.54) is 4.40 Å². The molecule has 0 fully saturated rings. The SMILES string of the molecule is O=C(Cn1nc2ccccn2c1=O)NN=C(c1ccccc1)c1ccccc1. The molecular weight excluding hydrogens is 354 g/mol. The van der Waals surface area contributed by atoms with Crippen LogP contribution in [-0.2, 0) is 11.3 Å². The van der Waals surface area contributed by atoms with Gasteiger partial charge in [0.2, 0.25) is 0 Å². The highest BCUT2D eigenvalue weighted by Crippen LogP contribution is 2.10. The first-order chi connectivity index (χ1) is 13.7. The first kappa shape index (κ1) is 17.4. The molecule has 7 heteroatoms. The lowest BCUT2D eigenvalue weighted by Gasteiger charge is -2.08. The molecule has 1 N–H and O–H groups in total. The van der Waals surface area contributed by atoms with Gasteiger partial charge in [0.15, 0.2) is 5.65 Å². The molecule has 0 spiro atoms. The van der Waals surface area contributed by atoms with E-state index in [2.05, 4.69) is 15.6 Å². The Morgan fingerprint density at radius 2 is 1.50 bits per heavy atom. The highest BCUT2D eigenvalue weighted by Gasteiger charge is 2.11. The number of hydrazone groups is 1. The number of hydrogen-bond donors (Lipinski definition) is 1. The summed E-state index contributed by atoms with van der Waals surface area (Å²) in [6.07, 6.45) is 1.61. The van der Waals surface area contributed by atoms with Crippen LogP contribution in [0.3, 0.4) is 0 Å². The van der Waals surface area contributed by atoms with Crippen LogP contribution in [0.4, 0.5) is 0 Å². The van der Waals surface area contributed by atoms with Gasteiger partial charge < -0.3 is 0 Å². The number of pyridine rings is 1. The van der Waals surface area contributed by atoms with Crippen molar-refractivity contribution < 1.29 is 4.79 Å². The minimum absolute atomic E-state index is 0.221. The molecule has 0 unspecified atom stereocenters. The first-order valence-corrected chi connectivity index (χ1v) is 8.74. The van der Waals surface area contributed by atoms with Crippen molar-refractivity contribution in [1.29, 1.82) is 0 Å². The van der Waals surface area contributed by atoms with Gasteiger partial charge in [-0.15, -0.1) is 5.10 Å². The number of nitrogens with zero attached hydrogens (tertiary/aromatic N) is 4. The van der Waals surface area contributed by atoms with Gasteiger partial charge in [0, 0.05) is 17.3 Å². The van der Waals surface area contributed by atoms with E-state index in [1.54, 1.807) is 24.4 Å². The predicted molar refractivity (Wildman–Crippen MR) is 106 cm³/mol. The van der Waals surface area contributed by atoms with Crippen molar-refractivity contribution in [1.82, 2.24) is 19.6 Å². The van der Waals surface area contributed by atoms with E-state index in [4.69, 9.17) is 0 Å². The van der Waals surface area contributed by atoms with Crippen LogP contribution in [0.1, 0.15) is 11.1 Å². The Hall–Kier alpha value is -4.00. The van der Waals surface area contributed by atoms with Gasteiger partial charge in [0.05, 0.1) is 5.71 Å². The Bertz CT molecular complexity index is 1150. The molecule has 2 heterocycles. The number of aromatic nitrogens is 3. The van der Waals surface area contributed by atoms with E-state index >= 15 is 0 Å². The Kier molecular flexibility index (Phi) is 4.79. The number of hydrogen-bond acceptors (Lipinski definition) is 4. The third-order valence-corrected chi connectivity index (χ3v) is 4.17. The zero-order valence-electron chi connectivity index (χ0n) is 14.9. The average Bonchev–Trinajstić information content (AvgIpc) is 3.05. The number of fused-ring (bicyclic) bond motifs is 1. The fourth-order valence-electron chi connectivity index (χ4n) is 2.85. The summed E-state index contributed by atoms with van der Waals surface area (Å²) in [5.41, 5.74) is 5.03. The third-order valence-electron chi connectivity index (χ3n) is 4.17. The molecule has 7 nitrogen and oxygen atoms in total. The summed E-state index contributed by atoms with van der Waals surface area (Å²) in [5.74, 6) is -0.435. The zero-order chi connectivity index (χ0) is 19.3.